The van der Waals surface area contributed by atoms with Gasteiger partial charge >= 0.3 is 5.97 Å². The fraction of sp³-hybridized carbons (Fsp3) is 0.667. The Morgan fingerprint density at radius 1 is 1.50 bits per heavy atom. The SMILES string of the molecule is Cc1sc(CCNS(=O)(=O)CCC2CC2)nc1C(=O)O. The summed E-state index contributed by atoms with van der Waals surface area (Å²) in [4.78, 5) is 15.5. The molecule has 0 amide bonds. The number of aromatic nitrogens is 1. The third-order valence-electron chi connectivity index (χ3n) is 3.20. The van der Waals surface area contributed by atoms with Crippen molar-refractivity contribution in [3.63, 3.8) is 0 Å². The van der Waals surface area contributed by atoms with Gasteiger partial charge in [0.2, 0.25) is 10.0 Å². The fourth-order valence-corrected chi connectivity index (χ4v) is 4.00. The first-order valence-corrected chi connectivity index (χ1v) is 9.01. The highest BCUT2D eigenvalue weighted by Gasteiger charge is 2.23. The zero-order chi connectivity index (χ0) is 14.8. The highest BCUT2D eigenvalue weighted by atomic mass is 32.2. The summed E-state index contributed by atoms with van der Waals surface area (Å²) in [6.45, 7) is 1.96. The van der Waals surface area contributed by atoms with Crippen LogP contribution in [0.1, 0.15) is 39.6 Å². The second-order valence-corrected chi connectivity index (χ2v) is 8.23. The number of hydrogen-bond acceptors (Lipinski definition) is 5. The minimum Gasteiger partial charge on any atom is -0.476 e. The summed E-state index contributed by atoms with van der Waals surface area (Å²) >= 11 is 1.29. The van der Waals surface area contributed by atoms with Crippen LogP contribution in [0.15, 0.2) is 0 Å². The highest BCUT2D eigenvalue weighted by molar-refractivity contribution is 7.89. The second kappa shape index (κ2) is 6.19. The molecule has 1 aliphatic carbocycles. The predicted octanol–water partition coefficient (Wildman–Crippen LogP) is 1.41. The van der Waals surface area contributed by atoms with E-state index in [0.717, 1.165) is 19.3 Å². The Hall–Kier alpha value is -0.990. The van der Waals surface area contributed by atoms with Gasteiger partial charge in [-0.25, -0.2) is 22.9 Å². The first-order chi connectivity index (χ1) is 9.37. The number of rotatable bonds is 8. The molecular weight excluding hydrogens is 300 g/mol. The number of thiazole rings is 1. The molecule has 0 spiro atoms. The highest BCUT2D eigenvalue weighted by Crippen LogP contribution is 2.32. The minimum atomic E-state index is -3.22. The smallest absolute Gasteiger partial charge is 0.355 e. The molecule has 1 fully saturated rings. The number of nitrogens with zero attached hydrogens (tertiary/aromatic N) is 1. The van der Waals surface area contributed by atoms with Crippen LogP contribution in [0.2, 0.25) is 0 Å². The molecule has 0 aromatic carbocycles. The van der Waals surface area contributed by atoms with E-state index in [4.69, 9.17) is 5.11 Å². The van der Waals surface area contributed by atoms with Crippen LogP contribution in [0.3, 0.4) is 0 Å². The lowest BCUT2D eigenvalue weighted by molar-refractivity contribution is 0.0690. The molecule has 0 atom stereocenters. The Labute approximate surface area is 122 Å². The van der Waals surface area contributed by atoms with Crippen molar-refractivity contribution in [3.05, 3.63) is 15.6 Å². The maximum absolute atomic E-state index is 11.7. The van der Waals surface area contributed by atoms with Crippen molar-refractivity contribution in [1.29, 1.82) is 0 Å². The van der Waals surface area contributed by atoms with Crippen molar-refractivity contribution in [3.8, 4) is 0 Å². The van der Waals surface area contributed by atoms with E-state index in [2.05, 4.69) is 9.71 Å². The van der Waals surface area contributed by atoms with E-state index in [1.165, 1.54) is 11.3 Å². The van der Waals surface area contributed by atoms with E-state index in [1.807, 2.05) is 0 Å². The van der Waals surface area contributed by atoms with Gasteiger partial charge in [0.1, 0.15) is 0 Å². The largest absolute Gasteiger partial charge is 0.476 e. The van der Waals surface area contributed by atoms with Gasteiger partial charge in [-0.2, -0.15) is 0 Å². The average molecular weight is 318 g/mol. The number of carboxylic acids is 1. The fourth-order valence-electron chi connectivity index (χ4n) is 1.87. The van der Waals surface area contributed by atoms with E-state index < -0.39 is 16.0 Å². The van der Waals surface area contributed by atoms with Crippen LogP contribution >= 0.6 is 11.3 Å². The maximum Gasteiger partial charge on any atom is 0.355 e. The lowest BCUT2D eigenvalue weighted by Gasteiger charge is -2.04. The number of sulfonamides is 1. The average Bonchev–Trinajstić information content (AvgIpc) is 3.10. The van der Waals surface area contributed by atoms with Gasteiger partial charge in [0.15, 0.2) is 5.69 Å². The summed E-state index contributed by atoms with van der Waals surface area (Å²) < 4.78 is 26.0. The van der Waals surface area contributed by atoms with Gasteiger partial charge in [-0.3, -0.25) is 0 Å². The van der Waals surface area contributed by atoms with Gasteiger partial charge in [-0.15, -0.1) is 11.3 Å². The molecule has 1 aliphatic rings. The summed E-state index contributed by atoms with van der Waals surface area (Å²) in [6.07, 6.45) is 3.44. The Kier molecular flexibility index (Phi) is 4.77. The van der Waals surface area contributed by atoms with E-state index in [-0.39, 0.29) is 18.0 Å². The topological polar surface area (TPSA) is 96.4 Å². The lowest BCUT2D eigenvalue weighted by Crippen LogP contribution is -2.28. The molecule has 0 bridgehead atoms. The van der Waals surface area contributed by atoms with Gasteiger partial charge in [-0.05, 0) is 19.3 Å². The molecular formula is C12H18N2O4S2. The number of nitrogens with one attached hydrogen (secondary N) is 1. The van der Waals surface area contributed by atoms with Gasteiger partial charge in [0, 0.05) is 17.8 Å². The van der Waals surface area contributed by atoms with E-state index in [0.29, 0.717) is 22.2 Å². The molecule has 20 heavy (non-hydrogen) atoms. The molecule has 1 saturated carbocycles. The van der Waals surface area contributed by atoms with Crippen molar-refractivity contribution >= 4 is 27.3 Å². The van der Waals surface area contributed by atoms with Crippen LogP contribution in [0.5, 0.6) is 0 Å². The Morgan fingerprint density at radius 3 is 2.75 bits per heavy atom. The lowest BCUT2D eigenvalue weighted by atomic mass is 10.3. The second-order valence-electron chi connectivity index (χ2n) is 5.01. The molecule has 112 valence electrons. The molecule has 2 N–H and O–H groups in total. The van der Waals surface area contributed by atoms with E-state index in [9.17, 15) is 13.2 Å². The normalized spacial score (nSPS) is 15.4. The first kappa shape index (κ1) is 15.4. The Morgan fingerprint density at radius 2 is 2.20 bits per heavy atom. The van der Waals surface area contributed by atoms with Gasteiger partial charge in [0.25, 0.3) is 0 Å². The van der Waals surface area contributed by atoms with Crippen LogP contribution in [-0.4, -0.2) is 36.8 Å². The van der Waals surface area contributed by atoms with Crippen molar-refractivity contribution < 1.29 is 18.3 Å². The zero-order valence-corrected chi connectivity index (χ0v) is 12.9. The minimum absolute atomic E-state index is 0.0570. The van der Waals surface area contributed by atoms with Gasteiger partial charge in [-0.1, -0.05) is 12.8 Å². The van der Waals surface area contributed by atoms with Crippen LogP contribution in [0.4, 0.5) is 0 Å². The molecule has 1 aromatic heterocycles. The third kappa shape index (κ3) is 4.53. The molecule has 0 aliphatic heterocycles. The van der Waals surface area contributed by atoms with Crippen LogP contribution < -0.4 is 4.72 Å². The van der Waals surface area contributed by atoms with Crippen LogP contribution in [0, 0.1) is 12.8 Å². The molecule has 0 radical (unpaired) electrons. The third-order valence-corrected chi connectivity index (χ3v) is 5.64. The number of aromatic carboxylic acids is 1. The molecule has 2 rings (SSSR count). The number of aryl methyl sites for hydroxylation is 1. The summed E-state index contributed by atoms with van der Waals surface area (Å²) in [6, 6.07) is 0. The quantitative estimate of drug-likeness (QED) is 0.755. The van der Waals surface area contributed by atoms with Crippen LogP contribution in [-0.2, 0) is 16.4 Å². The summed E-state index contributed by atoms with van der Waals surface area (Å²) in [5.41, 5.74) is 0.0570. The van der Waals surface area contributed by atoms with E-state index in [1.54, 1.807) is 6.92 Å². The first-order valence-electron chi connectivity index (χ1n) is 6.54. The predicted molar refractivity (Wildman–Crippen MR) is 76.6 cm³/mol. The van der Waals surface area contributed by atoms with Crippen LogP contribution in [0.25, 0.3) is 0 Å². The molecule has 8 heteroatoms. The molecule has 1 aromatic rings. The molecule has 0 saturated heterocycles. The summed E-state index contributed by atoms with van der Waals surface area (Å²) in [5.74, 6) is -0.282. The van der Waals surface area contributed by atoms with Crippen molar-refractivity contribution in [2.75, 3.05) is 12.3 Å². The summed E-state index contributed by atoms with van der Waals surface area (Å²) in [5, 5.41) is 9.54. The standard InChI is InChI=1S/C12H18N2O4S2/c1-8-11(12(15)16)14-10(19-8)4-6-13-20(17,18)7-5-9-2-3-9/h9,13H,2-7H2,1H3,(H,15,16). The van der Waals surface area contributed by atoms with Crippen molar-refractivity contribution in [1.82, 2.24) is 9.71 Å². The van der Waals surface area contributed by atoms with Crippen molar-refractivity contribution in [2.45, 2.75) is 32.6 Å². The zero-order valence-electron chi connectivity index (χ0n) is 11.3. The molecule has 6 nitrogen and oxygen atoms in total. The Bertz CT molecular complexity index is 591. The molecule has 0 unspecified atom stereocenters. The van der Waals surface area contributed by atoms with E-state index >= 15 is 0 Å². The number of carbonyl (C=O) groups is 1. The van der Waals surface area contributed by atoms with Crippen molar-refractivity contribution in [2.24, 2.45) is 5.92 Å². The number of hydrogen-bond donors (Lipinski definition) is 2. The number of carboxylic acid groups (broad SMARTS) is 1. The maximum atomic E-state index is 11.7. The monoisotopic (exact) mass is 318 g/mol. The molecule has 1 heterocycles. The summed E-state index contributed by atoms with van der Waals surface area (Å²) in [7, 11) is -3.22. The Balaban J connectivity index is 1.79. The van der Waals surface area contributed by atoms with Gasteiger partial charge < -0.3 is 5.11 Å². The van der Waals surface area contributed by atoms with Gasteiger partial charge in [0.05, 0.1) is 10.8 Å².